The highest BCUT2D eigenvalue weighted by atomic mass is 79.9. The molecule has 0 atom stereocenters. The second-order valence-electron chi connectivity index (χ2n) is 4.32. The van der Waals surface area contributed by atoms with Crippen LogP contribution in [0.25, 0.3) is 0 Å². The van der Waals surface area contributed by atoms with Crippen LogP contribution in [0, 0.1) is 5.92 Å². The molecule has 2 nitrogen and oxygen atoms in total. The molecule has 0 heterocycles. The molecule has 0 aliphatic rings. The van der Waals surface area contributed by atoms with Gasteiger partial charge < -0.3 is 10.1 Å². The highest BCUT2D eigenvalue weighted by molar-refractivity contribution is 9.10. The number of ether oxygens (including phenoxy) is 1. The Bertz CT molecular complexity index is 326. The third kappa shape index (κ3) is 4.54. The van der Waals surface area contributed by atoms with Gasteiger partial charge in [0, 0.05) is 11.0 Å². The molecule has 0 spiro atoms. The lowest BCUT2D eigenvalue weighted by Gasteiger charge is -2.09. The Morgan fingerprint density at radius 1 is 1.38 bits per heavy atom. The van der Waals surface area contributed by atoms with Crippen LogP contribution in [-0.2, 0) is 6.54 Å². The number of rotatable bonds is 6. The lowest BCUT2D eigenvalue weighted by molar-refractivity contribution is 0.414. The number of nitrogens with one attached hydrogen (secondary N) is 1. The molecule has 90 valence electrons. The average molecular weight is 286 g/mol. The zero-order valence-electron chi connectivity index (χ0n) is 10.2. The fourth-order valence-electron chi connectivity index (χ4n) is 1.43. The molecule has 0 saturated heterocycles. The molecule has 0 unspecified atom stereocenters. The van der Waals surface area contributed by atoms with Gasteiger partial charge in [0.2, 0.25) is 0 Å². The Morgan fingerprint density at radius 2 is 2.12 bits per heavy atom. The summed E-state index contributed by atoms with van der Waals surface area (Å²) >= 11 is 3.55. The van der Waals surface area contributed by atoms with E-state index in [2.05, 4.69) is 41.2 Å². The van der Waals surface area contributed by atoms with Crippen LogP contribution in [0.4, 0.5) is 0 Å². The van der Waals surface area contributed by atoms with Crippen LogP contribution in [0.3, 0.4) is 0 Å². The quantitative estimate of drug-likeness (QED) is 0.807. The third-order valence-corrected chi connectivity index (χ3v) is 3.24. The molecule has 0 saturated carbocycles. The second-order valence-corrected chi connectivity index (χ2v) is 5.17. The molecule has 1 rings (SSSR count). The van der Waals surface area contributed by atoms with Crippen LogP contribution in [0.1, 0.15) is 25.8 Å². The van der Waals surface area contributed by atoms with Crippen LogP contribution >= 0.6 is 15.9 Å². The van der Waals surface area contributed by atoms with E-state index in [-0.39, 0.29) is 0 Å². The van der Waals surface area contributed by atoms with Crippen molar-refractivity contribution < 1.29 is 4.74 Å². The maximum absolute atomic E-state index is 5.21. The smallest absolute Gasteiger partial charge is 0.119 e. The van der Waals surface area contributed by atoms with E-state index in [4.69, 9.17) is 4.74 Å². The molecular formula is C13H20BrNO. The third-order valence-electron chi connectivity index (χ3n) is 2.47. The van der Waals surface area contributed by atoms with Crippen LogP contribution in [0.2, 0.25) is 0 Å². The van der Waals surface area contributed by atoms with E-state index in [9.17, 15) is 0 Å². The van der Waals surface area contributed by atoms with Crippen molar-refractivity contribution in [1.82, 2.24) is 5.32 Å². The Labute approximate surface area is 107 Å². The molecule has 0 bridgehead atoms. The lowest BCUT2D eigenvalue weighted by atomic mass is 10.1. The van der Waals surface area contributed by atoms with Gasteiger partial charge in [0.05, 0.1) is 7.11 Å². The van der Waals surface area contributed by atoms with E-state index in [1.165, 1.54) is 12.0 Å². The summed E-state index contributed by atoms with van der Waals surface area (Å²) in [6.45, 7) is 6.41. The second kappa shape index (κ2) is 6.92. The van der Waals surface area contributed by atoms with Gasteiger partial charge in [-0.05, 0) is 42.6 Å². The van der Waals surface area contributed by atoms with E-state index >= 15 is 0 Å². The molecule has 0 aliphatic heterocycles. The first-order valence-corrected chi connectivity index (χ1v) is 6.46. The molecule has 16 heavy (non-hydrogen) atoms. The first kappa shape index (κ1) is 13.5. The van der Waals surface area contributed by atoms with Crippen molar-refractivity contribution in [3.63, 3.8) is 0 Å². The maximum atomic E-state index is 5.21. The van der Waals surface area contributed by atoms with Gasteiger partial charge in [-0.2, -0.15) is 0 Å². The first-order valence-electron chi connectivity index (χ1n) is 5.66. The Hall–Kier alpha value is -0.540. The summed E-state index contributed by atoms with van der Waals surface area (Å²) in [6.07, 6.45) is 1.21. The van der Waals surface area contributed by atoms with Crippen molar-refractivity contribution in [2.24, 2.45) is 5.92 Å². The van der Waals surface area contributed by atoms with Gasteiger partial charge in [-0.15, -0.1) is 0 Å². The van der Waals surface area contributed by atoms with E-state index < -0.39 is 0 Å². The molecule has 1 aromatic carbocycles. The molecule has 0 amide bonds. The number of benzene rings is 1. The molecule has 0 radical (unpaired) electrons. The van der Waals surface area contributed by atoms with Gasteiger partial charge in [0.15, 0.2) is 0 Å². The SMILES string of the molecule is COc1ccc(Br)c(CNCCC(C)C)c1. The minimum Gasteiger partial charge on any atom is -0.497 e. The summed E-state index contributed by atoms with van der Waals surface area (Å²) in [6, 6.07) is 6.05. The maximum Gasteiger partial charge on any atom is 0.119 e. The summed E-state index contributed by atoms with van der Waals surface area (Å²) in [4.78, 5) is 0. The van der Waals surface area contributed by atoms with E-state index in [1.807, 2.05) is 12.1 Å². The highest BCUT2D eigenvalue weighted by Gasteiger charge is 2.02. The summed E-state index contributed by atoms with van der Waals surface area (Å²) in [5.41, 5.74) is 1.24. The van der Waals surface area contributed by atoms with Gasteiger partial charge in [-0.3, -0.25) is 0 Å². The minimum atomic E-state index is 0.751. The average Bonchev–Trinajstić information content (AvgIpc) is 2.26. The summed E-state index contributed by atoms with van der Waals surface area (Å²) in [5, 5.41) is 3.44. The van der Waals surface area contributed by atoms with Crippen LogP contribution < -0.4 is 10.1 Å². The zero-order chi connectivity index (χ0) is 12.0. The monoisotopic (exact) mass is 285 g/mol. The van der Waals surface area contributed by atoms with Crippen molar-refractivity contribution in [2.75, 3.05) is 13.7 Å². The number of halogens is 1. The van der Waals surface area contributed by atoms with Crippen molar-refractivity contribution in [2.45, 2.75) is 26.8 Å². The van der Waals surface area contributed by atoms with Crippen molar-refractivity contribution in [3.05, 3.63) is 28.2 Å². The lowest BCUT2D eigenvalue weighted by Crippen LogP contribution is -2.16. The van der Waals surface area contributed by atoms with Crippen LogP contribution in [0.15, 0.2) is 22.7 Å². The van der Waals surface area contributed by atoms with Crippen molar-refractivity contribution in [1.29, 1.82) is 0 Å². The minimum absolute atomic E-state index is 0.751. The molecule has 0 fully saturated rings. The fraction of sp³-hybridized carbons (Fsp3) is 0.538. The molecular weight excluding hydrogens is 266 g/mol. The summed E-state index contributed by atoms with van der Waals surface area (Å²) in [7, 11) is 1.69. The molecule has 3 heteroatoms. The standard InChI is InChI=1S/C13H20BrNO/c1-10(2)6-7-15-9-11-8-12(16-3)4-5-13(11)14/h4-5,8,10,15H,6-7,9H2,1-3H3. The Balaban J connectivity index is 2.46. The molecule has 0 aromatic heterocycles. The predicted molar refractivity (Wildman–Crippen MR) is 71.9 cm³/mol. The molecule has 0 aliphatic carbocycles. The van der Waals surface area contributed by atoms with E-state index in [0.717, 1.165) is 29.2 Å². The first-order chi connectivity index (χ1) is 7.63. The zero-order valence-corrected chi connectivity index (χ0v) is 11.8. The van der Waals surface area contributed by atoms with Gasteiger partial charge in [0.25, 0.3) is 0 Å². The number of hydrogen-bond donors (Lipinski definition) is 1. The van der Waals surface area contributed by atoms with Crippen molar-refractivity contribution in [3.8, 4) is 5.75 Å². The largest absolute Gasteiger partial charge is 0.497 e. The summed E-state index contributed by atoms with van der Waals surface area (Å²) < 4.78 is 6.34. The molecule has 1 aromatic rings. The van der Waals surface area contributed by atoms with Crippen molar-refractivity contribution >= 4 is 15.9 Å². The van der Waals surface area contributed by atoms with Crippen LogP contribution in [0.5, 0.6) is 5.75 Å². The van der Waals surface area contributed by atoms with Gasteiger partial charge in [-0.1, -0.05) is 29.8 Å². The highest BCUT2D eigenvalue weighted by Crippen LogP contribution is 2.22. The Kier molecular flexibility index (Phi) is 5.85. The number of hydrogen-bond acceptors (Lipinski definition) is 2. The fourth-order valence-corrected chi connectivity index (χ4v) is 1.81. The van der Waals surface area contributed by atoms with E-state index in [0.29, 0.717) is 0 Å². The van der Waals surface area contributed by atoms with Gasteiger partial charge in [-0.25, -0.2) is 0 Å². The predicted octanol–water partition coefficient (Wildman–Crippen LogP) is 3.59. The normalized spacial score (nSPS) is 10.8. The Morgan fingerprint density at radius 3 is 2.75 bits per heavy atom. The number of methoxy groups -OCH3 is 1. The van der Waals surface area contributed by atoms with Gasteiger partial charge in [0.1, 0.15) is 5.75 Å². The molecule has 1 N–H and O–H groups in total. The van der Waals surface area contributed by atoms with Gasteiger partial charge >= 0.3 is 0 Å². The van der Waals surface area contributed by atoms with E-state index in [1.54, 1.807) is 7.11 Å². The van der Waals surface area contributed by atoms with Crippen LogP contribution in [-0.4, -0.2) is 13.7 Å². The summed E-state index contributed by atoms with van der Waals surface area (Å²) in [5.74, 6) is 1.66. The topological polar surface area (TPSA) is 21.3 Å².